The van der Waals surface area contributed by atoms with Gasteiger partial charge in [0.15, 0.2) is 0 Å². The molecule has 0 saturated carbocycles. The van der Waals surface area contributed by atoms with Crippen molar-refractivity contribution in [2.24, 2.45) is 5.84 Å². The van der Waals surface area contributed by atoms with Crippen molar-refractivity contribution >= 4 is 27.5 Å². The summed E-state index contributed by atoms with van der Waals surface area (Å²) in [5.41, 5.74) is 3.97. The Kier molecular flexibility index (Phi) is 5.70. The third-order valence-corrected chi connectivity index (χ3v) is 4.04. The molecule has 2 aromatic rings. The highest BCUT2D eigenvalue weighted by Crippen LogP contribution is 2.23. The molecule has 2 aromatic carbocycles. The Morgan fingerprint density at radius 2 is 1.76 bits per heavy atom. The predicted octanol–water partition coefficient (Wildman–Crippen LogP) is 4.00. The van der Waals surface area contributed by atoms with Gasteiger partial charge in [-0.1, -0.05) is 39.7 Å². The Bertz CT molecular complexity index is 584. The molecule has 21 heavy (non-hydrogen) atoms. The molecule has 3 N–H and O–H groups in total. The maximum absolute atomic E-state index is 13.7. The molecule has 0 fully saturated rings. The number of benzene rings is 2. The fraction of sp³-hybridized carbons (Fsp3) is 0.200. The molecule has 0 bridgehead atoms. The van der Waals surface area contributed by atoms with Crippen LogP contribution in [0.2, 0.25) is 5.02 Å². The van der Waals surface area contributed by atoms with Crippen LogP contribution in [0.5, 0.6) is 0 Å². The molecule has 1 unspecified atom stereocenters. The Hall–Kier alpha value is -1.01. The molecule has 0 radical (unpaired) electrons. The molecule has 0 spiro atoms. The van der Waals surface area contributed by atoms with Crippen LogP contribution in [-0.4, -0.2) is 6.04 Å². The third kappa shape index (κ3) is 4.48. The fourth-order valence-electron chi connectivity index (χ4n) is 2.10. The second kappa shape index (κ2) is 7.31. The zero-order valence-electron chi connectivity index (χ0n) is 11.0. The van der Waals surface area contributed by atoms with Crippen molar-refractivity contribution in [2.45, 2.75) is 18.9 Å². The molecular weight excluding hydrogens is 362 g/mol. The van der Waals surface area contributed by atoms with E-state index in [-0.39, 0.29) is 6.04 Å². The van der Waals surface area contributed by atoms with E-state index in [1.54, 1.807) is 6.07 Å². The zero-order chi connectivity index (χ0) is 15.4. The first-order chi connectivity index (χ1) is 9.99. The minimum Gasteiger partial charge on any atom is -0.271 e. The summed E-state index contributed by atoms with van der Waals surface area (Å²) in [6.45, 7) is 0. The lowest BCUT2D eigenvalue weighted by Crippen LogP contribution is -2.38. The average molecular weight is 376 g/mol. The van der Waals surface area contributed by atoms with E-state index in [0.29, 0.717) is 23.4 Å². The minimum absolute atomic E-state index is 0.205. The highest BCUT2D eigenvalue weighted by atomic mass is 79.9. The highest BCUT2D eigenvalue weighted by molar-refractivity contribution is 9.10. The van der Waals surface area contributed by atoms with E-state index in [2.05, 4.69) is 21.4 Å². The van der Waals surface area contributed by atoms with Crippen molar-refractivity contribution < 1.29 is 8.78 Å². The van der Waals surface area contributed by atoms with Crippen LogP contribution in [0.4, 0.5) is 8.78 Å². The summed E-state index contributed by atoms with van der Waals surface area (Å²) in [4.78, 5) is 0. The van der Waals surface area contributed by atoms with Gasteiger partial charge in [-0.25, -0.2) is 8.78 Å². The Morgan fingerprint density at radius 1 is 1.10 bits per heavy atom. The number of rotatable bonds is 5. The molecule has 0 aliphatic rings. The van der Waals surface area contributed by atoms with Gasteiger partial charge in [-0.3, -0.25) is 11.3 Å². The van der Waals surface area contributed by atoms with Crippen molar-refractivity contribution in [3.8, 4) is 0 Å². The summed E-state index contributed by atoms with van der Waals surface area (Å²) in [6, 6.07) is 8.89. The van der Waals surface area contributed by atoms with Crippen molar-refractivity contribution in [3.63, 3.8) is 0 Å². The molecule has 2 rings (SSSR count). The number of hydrogen-bond donors (Lipinski definition) is 2. The Balaban J connectivity index is 2.13. The number of hydrogen-bond acceptors (Lipinski definition) is 2. The molecule has 112 valence electrons. The van der Waals surface area contributed by atoms with Crippen LogP contribution in [0.25, 0.3) is 0 Å². The minimum atomic E-state index is -0.593. The van der Waals surface area contributed by atoms with Gasteiger partial charge in [-0.2, -0.15) is 0 Å². The maximum atomic E-state index is 13.7. The Labute approximate surface area is 135 Å². The molecule has 6 heteroatoms. The van der Waals surface area contributed by atoms with Gasteiger partial charge in [0, 0.05) is 21.6 Å². The fourth-order valence-corrected chi connectivity index (χ4v) is 2.85. The lowest BCUT2D eigenvalue weighted by molar-refractivity contribution is 0.502. The smallest absolute Gasteiger partial charge is 0.129 e. The topological polar surface area (TPSA) is 38.0 Å². The molecule has 0 aromatic heterocycles. The quantitative estimate of drug-likeness (QED) is 0.612. The van der Waals surface area contributed by atoms with Gasteiger partial charge >= 0.3 is 0 Å². The predicted molar refractivity (Wildman–Crippen MR) is 84.0 cm³/mol. The van der Waals surface area contributed by atoms with E-state index in [1.807, 2.05) is 12.1 Å². The van der Waals surface area contributed by atoms with E-state index in [1.165, 1.54) is 12.1 Å². The molecule has 0 amide bonds. The van der Waals surface area contributed by atoms with Crippen molar-refractivity contribution in [1.82, 2.24) is 5.43 Å². The number of halogens is 4. The maximum Gasteiger partial charge on any atom is 0.129 e. The van der Waals surface area contributed by atoms with E-state index in [4.69, 9.17) is 17.4 Å². The second-order valence-corrected chi connectivity index (χ2v) is 6.07. The first kappa shape index (κ1) is 16.4. The van der Waals surface area contributed by atoms with Gasteiger partial charge < -0.3 is 0 Å². The van der Waals surface area contributed by atoms with Gasteiger partial charge in [0.25, 0.3) is 0 Å². The van der Waals surface area contributed by atoms with Crippen LogP contribution in [0.15, 0.2) is 40.9 Å². The number of nitrogens with one attached hydrogen (secondary N) is 1. The van der Waals surface area contributed by atoms with E-state index >= 15 is 0 Å². The summed E-state index contributed by atoms with van der Waals surface area (Å²) < 4.78 is 27.5. The largest absolute Gasteiger partial charge is 0.271 e. The van der Waals surface area contributed by atoms with Crippen molar-refractivity contribution in [2.75, 3.05) is 0 Å². The van der Waals surface area contributed by atoms with Crippen LogP contribution < -0.4 is 11.3 Å². The standard InChI is InChI=1S/C15H14BrClF2N2/c16-11-3-1-9(14(17)7-11)5-13(21-20)6-10-2-4-12(18)8-15(10)19/h1-4,7-8,13,21H,5-6,20H2. The van der Waals surface area contributed by atoms with Crippen molar-refractivity contribution in [1.29, 1.82) is 0 Å². The second-order valence-electron chi connectivity index (χ2n) is 4.74. The summed E-state index contributed by atoms with van der Waals surface area (Å²) >= 11 is 9.50. The summed E-state index contributed by atoms with van der Waals surface area (Å²) in [7, 11) is 0. The van der Waals surface area contributed by atoms with Gasteiger partial charge in [0.05, 0.1) is 0 Å². The first-order valence-corrected chi connectivity index (χ1v) is 7.50. The van der Waals surface area contributed by atoms with E-state index in [0.717, 1.165) is 16.1 Å². The SMILES string of the molecule is NNC(Cc1ccc(F)cc1F)Cc1ccc(Br)cc1Cl. The number of nitrogens with two attached hydrogens (primary N) is 1. The van der Waals surface area contributed by atoms with Crippen LogP contribution >= 0.6 is 27.5 Å². The molecule has 1 atom stereocenters. The highest BCUT2D eigenvalue weighted by Gasteiger charge is 2.14. The monoisotopic (exact) mass is 374 g/mol. The molecule has 0 aliphatic carbocycles. The van der Waals surface area contributed by atoms with E-state index < -0.39 is 11.6 Å². The third-order valence-electron chi connectivity index (χ3n) is 3.20. The van der Waals surface area contributed by atoms with Gasteiger partial charge in [-0.05, 0) is 42.2 Å². The van der Waals surface area contributed by atoms with Crippen LogP contribution in [0.1, 0.15) is 11.1 Å². The molecule has 0 aliphatic heterocycles. The molecule has 0 heterocycles. The van der Waals surface area contributed by atoms with Crippen molar-refractivity contribution in [3.05, 3.63) is 68.7 Å². The lowest BCUT2D eigenvalue weighted by Gasteiger charge is -2.17. The molecular formula is C15H14BrClF2N2. The van der Waals surface area contributed by atoms with Crippen LogP contribution in [0, 0.1) is 11.6 Å². The molecule has 0 saturated heterocycles. The summed E-state index contributed by atoms with van der Waals surface area (Å²) in [6.07, 6.45) is 0.883. The summed E-state index contributed by atoms with van der Waals surface area (Å²) in [5, 5.41) is 0.615. The number of hydrazine groups is 1. The van der Waals surface area contributed by atoms with Gasteiger partial charge in [0.1, 0.15) is 11.6 Å². The van der Waals surface area contributed by atoms with Gasteiger partial charge in [0.2, 0.25) is 0 Å². The average Bonchev–Trinajstić information content (AvgIpc) is 2.43. The lowest BCUT2D eigenvalue weighted by atomic mass is 9.99. The van der Waals surface area contributed by atoms with Gasteiger partial charge in [-0.15, -0.1) is 0 Å². The normalized spacial score (nSPS) is 12.4. The molecule has 2 nitrogen and oxygen atoms in total. The zero-order valence-corrected chi connectivity index (χ0v) is 13.4. The Morgan fingerprint density at radius 3 is 2.38 bits per heavy atom. The van der Waals surface area contributed by atoms with Crippen LogP contribution in [0.3, 0.4) is 0 Å². The summed E-state index contributed by atoms with van der Waals surface area (Å²) in [5.74, 6) is 4.36. The first-order valence-electron chi connectivity index (χ1n) is 6.33. The van der Waals surface area contributed by atoms with E-state index in [9.17, 15) is 8.78 Å². The van der Waals surface area contributed by atoms with Crippen LogP contribution in [-0.2, 0) is 12.8 Å².